The predicted molar refractivity (Wildman–Crippen MR) is 133 cm³/mol. The summed E-state index contributed by atoms with van der Waals surface area (Å²) < 4.78 is 42.2. The van der Waals surface area contributed by atoms with Gasteiger partial charge in [-0.2, -0.15) is 0 Å². The third kappa shape index (κ3) is 5.03. The van der Waals surface area contributed by atoms with E-state index in [0.717, 1.165) is 32.3 Å². The van der Waals surface area contributed by atoms with Gasteiger partial charge in [0, 0.05) is 0 Å². The first-order valence-corrected chi connectivity index (χ1v) is 12.9. The number of rotatable bonds is 8. The Hall–Kier alpha value is -3.49. The van der Waals surface area contributed by atoms with Gasteiger partial charge in [0.15, 0.2) is 0 Å². The van der Waals surface area contributed by atoms with Crippen LogP contribution >= 0.6 is 11.3 Å². The summed E-state index contributed by atoms with van der Waals surface area (Å²) in [6.07, 6.45) is 0. The van der Waals surface area contributed by atoms with Crippen molar-refractivity contribution in [3.8, 4) is 0 Å². The van der Waals surface area contributed by atoms with Crippen LogP contribution in [0.2, 0.25) is 0 Å². The first-order chi connectivity index (χ1) is 16.4. The fraction of sp³-hybridized carbons (Fsp3) is 0.115. The molecule has 1 N–H and O–H groups in total. The van der Waals surface area contributed by atoms with Gasteiger partial charge in [0.2, 0.25) is 5.91 Å². The van der Waals surface area contributed by atoms with E-state index in [-0.39, 0.29) is 9.90 Å². The molecule has 8 heteroatoms. The molecule has 4 aromatic rings. The van der Waals surface area contributed by atoms with Gasteiger partial charge in [0.1, 0.15) is 16.6 Å². The second kappa shape index (κ2) is 10.2. The minimum absolute atomic E-state index is 0.0297. The smallest absolute Gasteiger partial charge is 0.274 e. The molecule has 0 fully saturated rings. The average Bonchev–Trinajstić information content (AvgIpc) is 3.39. The molecule has 5 nitrogen and oxygen atoms in total. The topological polar surface area (TPSA) is 66.5 Å². The normalized spacial score (nSPS) is 12.2. The first-order valence-electron chi connectivity index (χ1n) is 10.6. The highest BCUT2D eigenvalue weighted by Crippen LogP contribution is 2.29. The molecule has 0 bridgehead atoms. The van der Waals surface area contributed by atoms with Crippen molar-refractivity contribution in [1.82, 2.24) is 5.32 Å². The van der Waals surface area contributed by atoms with E-state index in [2.05, 4.69) is 5.32 Å². The lowest BCUT2D eigenvalue weighted by Gasteiger charge is -2.26. The highest BCUT2D eigenvalue weighted by molar-refractivity contribution is 7.94. The van der Waals surface area contributed by atoms with Gasteiger partial charge < -0.3 is 5.32 Å². The number of anilines is 1. The van der Waals surface area contributed by atoms with Crippen molar-refractivity contribution in [2.24, 2.45) is 0 Å². The molecule has 0 aliphatic carbocycles. The summed E-state index contributed by atoms with van der Waals surface area (Å²) >= 11 is 1.01. The summed E-state index contributed by atoms with van der Waals surface area (Å²) in [5, 5.41) is 4.58. The van der Waals surface area contributed by atoms with Gasteiger partial charge in [0.25, 0.3) is 10.0 Å². The molecule has 174 valence electrons. The Morgan fingerprint density at radius 1 is 0.941 bits per heavy atom. The maximum Gasteiger partial charge on any atom is 0.274 e. The third-order valence-corrected chi connectivity index (χ3v) is 8.52. The fourth-order valence-electron chi connectivity index (χ4n) is 3.71. The van der Waals surface area contributed by atoms with Crippen molar-refractivity contribution < 1.29 is 17.6 Å². The number of hydrogen-bond acceptors (Lipinski definition) is 4. The van der Waals surface area contributed by atoms with Crippen LogP contribution in [0.25, 0.3) is 0 Å². The molecule has 0 aliphatic rings. The fourth-order valence-corrected chi connectivity index (χ4v) is 6.24. The summed E-state index contributed by atoms with van der Waals surface area (Å²) in [5.74, 6) is -1.28. The molecule has 0 radical (unpaired) electrons. The molecular formula is C26H23FN2O3S2. The van der Waals surface area contributed by atoms with Crippen LogP contribution < -0.4 is 9.62 Å². The van der Waals surface area contributed by atoms with Crippen LogP contribution in [0.15, 0.2) is 101 Å². The second-order valence-corrected chi connectivity index (χ2v) is 10.7. The number of para-hydroxylation sites is 1. The third-order valence-electron chi connectivity index (χ3n) is 5.39. The van der Waals surface area contributed by atoms with Gasteiger partial charge in [-0.15, -0.1) is 11.3 Å². The Morgan fingerprint density at radius 2 is 1.62 bits per heavy atom. The summed E-state index contributed by atoms with van der Waals surface area (Å²) in [6.45, 7) is 1.38. The summed E-state index contributed by atoms with van der Waals surface area (Å²) in [6, 6.07) is 25.2. The van der Waals surface area contributed by atoms with E-state index in [4.69, 9.17) is 0 Å². The standard InChI is InChI=1S/C26H23FN2O3S2/c1-19-10-5-6-13-21(19)26(20-11-3-2-4-12-20)28-24(30)18-29(23-15-8-7-14-22(23)27)34(31,32)25-16-9-17-33-25/h2-17,26H,18H2,1H3,(H,28,30). The zero-order valence-corrected chi connectivity index (χ0v) is 20.0. The largest absolute Gasteiger partial charge is 0.344 e. The summed E-state index contributed by atoms with van der Waals surface area (Å²) in [7, 11) is -4.15. The maximum absolute atomic E-state index is 14.7. The van der Waals surface area contributed by atoms with Crippen LogP contribution in [0.3, 0.4) is 0 Å². The lowest BCUT2D eigenvalue weighted by Crippen LogP contribution is -2.42. The number of carbonyl (C=O) groups is 1. The zero-order valence-electron chi connectivity index (χ0n) is 18.4. The Labute approximate surface area is 202 Å². The van der Waals surface area contributed by atoms with E-state index in [1.165, 1.54) is 30.3 Å². The van der Waals surface area contributed by atoms with E-state index >= 15 is 0 Å². The highest BCUT2D eigenvalue weighted by Gasteiger charge is 2.31. The van der Waals surface area contributed by atoms with Crippen molar-refractivity contribution in [3.63, 3.8) is 0 Å². The minimum Gasteiger partial charge on any atom is -0.344 e. The first kappa shape index (κ1) is 23.7. The van der Waals surface area contributed by atoms with Gasteiger partial charge in [-0.25, -0.2) is 12.8 Å². The molecule has 1 atom stereocenters. The van der Waals surface area contributed by atoms with E-state index in [9.17, 15) is 17.6 Å². The number of nitrogens with zero attached hydrogens (tertiary/aromatic N) is 1. The van der Waals surface area contributed by atoms with E-state index in [1.807, 2.05) is 61.5 Å². The van der Waals surface area contributed by atoms with E-state index < -0.39 is 34.3 Å². The minimum atomic E-state index is -4.15. The number of carbonyl (C=O) groups excluding carboxylic acids is 1. The number of halogens is 1. The van der Waals surface area contributed by atoms with Crippen LogP contribution in [0.5, 0.6) is 0 Å². The van der Waals surface area contributed by atoms with E-state index in [1.54, 1.807) is 11.4 Å². The molecule has 0 saturated carbocycles. The second-order valence-electron chi connectivity index (χ2n) is 7.66. The molecule has 1 amide bonds. The van der Waals surface area contributed by atoms with Crippen LogP contribution in [0.4, 0.5) is 10.1 Å². The molecule has 0 aliphatic heterocycles. The number of hydrogen-bond donors (Lipinski definition) is 1. The molecule has 34 heavy (non-hydrogen) atoms. The van der Waals surface area contributed by atoms with Crippen molar-refractivity contribution >= 4 is 33.0 Å². The highest BCUT2D eigenvalue weighted by atomic mass is 32.2. The van der Waals surface area contributed by atoms with Crippen molar-refractivity contribution in [2.45, 2.75) is 17.2 Å². The lowest BCUT2D eigenvalue weighted by molar-refractivity contribution is -0.120. The molecule has 0 spiro atoms. The van der Waals surface area contributed by atoms with Gasteiger partial charge >= 0.3 is 0 Å². The predicted octanol–water partition coefficient (Wildman–Crippen LogP) is 5.30. The zero-order chi connectivity index (χ0) is 24.1. The Balaban J connectivity index is 1.69. The van der Waals surface area contributed by atoms with E-state index in [0.29, 0.717) is 0 Å². The van der Waals surface area contributed by atoms with Crippen LogP contribution in [-0.4, -0.2) is 20.9 Å². The van der Waals surface area contributed by atoms with Crippen molar-refractivity contribution in [1.29, 1.82) is 0 Å². The van der Waals surface area contributed by atoms with Gasteiger partial charge in [0.05, 0.1) is 11.7 Å². The van der Waals surface area contributed by atoms with Crippen molar-refractivity contribution in [2.75, 3.05) is 10.8 Å². The number of nitrogens with one attached hydrogen (secondary N) is 1. The van der Waals surface area contributed by atoms with Crippen molar-refractivity contribution in [3.05, 3.63) is 119 Å². The maximum atomic E-state index is 14.7. The molecule has 1 unspecified atom stereocenters. The van der Waals surface area contributed by atoms with Crippen LogP contribution in [-0.2, 0) is 14.8 Å². The molecule has 3 aromatic carbocycles. The van der Waals surface area contributed by atoms with Gasteiger partial charge in [-0.3, -0.25) is 9.10 Å². The lowest BCUT2D eigenvalue weighted by atomic mass is 9.95. The number of sulfonamides is 1. The molecule has 1 heterocycles. The number of thiophene rings is 1. The quantitative estimate of drug-likeness (QED) is 0.362. The van der Waals surface area contributed by atoms with Gasteiger partial charge in [-0.05, 0) is 47.2 Å². The molecule has 0 saturated heterocycles. The molecule has 4 rings (SSSR count). The Morgan fingerprint density at radius 3 is 2.29 bits per heavy atom. The summed E-state index contributed by atoms with van der Waals surface area (Å²) in [4.78, 5) is 13.3. The Bertz CT molecular complexity index is 1370. The number of amides is 1. The molecular weight excluding hydrogens is 471 g/mol. The van der Waals surface area contributed by atoms with Crippen LogP contribution in [0, 0.1) is 12.7 Å². The van der Waals surface area contributed by atoms with Crippen LogP contribution in [0.1, 0.15) is 22.7 Å². The monoisotopic (exact) mass is 494 g/mol. The Kier molecular flexibility index (Phi) is 7.09. The molecule has 1 aromatic heterocycles. The number of benzene rings is 3. The van der Waals surface area contributed by atoms with Gasteiger partial charge in [-0.1, -0.05) is 72.8 Å². The summed E-state index contributed by atoms with van der Waals surface area (Å²) in [5.41, 5.74) is 2.54. The number of aryl methyl sites for hydroxylation is 1. The average molecular weight is 495 g/mol. The SMILES string of the molecule is Cc1ccccc1C(NC(=O)CN(c1ccccc1F)S(=O)(=O)c1cccs1)c1ccccc1.